The summed E-state index contributed by atoms with van der Waals surface area (Å²) in [6.07, 6.45) is 2.09. The summed E-state index contributed by atoms with van der Waals surface area (Å²) >= 11 is 0. The zero-order valence-electron chi connectivity index (χ0n) is 11.2. The summed E-state index contributed by atoms with van der Waals surface area (Å²) in [4.78, 5) is 12.0. The number of rotatable bonds is 4. The average molecular weight is 258 g/mol. The summed E-state index contributed by atoms with van der Waals surface area (Å²) < 4.78 is 0. The second-order valence-electron chi connectivity index (χ2n) is 4.87. The number of phenols is 2. The molecule has 3 heteroatoms. The van der Waals surface area contributed by atoms with Gasteiger partial charge in [-0.15, -0.1) is 0 Å². The molecule has 0 fully saturated rings. The van der Waals surface area contributed by atoms with Gasteiger partial charge >= 0.3 is 0 Å². The second kappa shape index (κ2) is 5.31. The fourth-order valence-corrected chi connectivity index (χ4v) is 2.18. The van der Waals surface area contributed by atoms with E-state index in [9.17, 15) is 15.0 Å². The van der Waals surface area contributed by atoms with Crippen LogP contribution in [0.15, 0.2) is 24.3 Å². The van der Waals surface area contributed by atoms with E-state index in [-0.39, 0.29) is 22.8 Å². The number of Topliss-reactive ketones (excluding diaryl/α,β-unsaturated/α-hetero) is 1. The van der Waals surface area contributed by atoms with Crippen LogP contribution in [0.5, 0.6) is 11.5 Å². The van der Waals surface area contributed by atoms with E-state index in [2.05, 4.69) is 0 Å². The molecule has 0 radical (unpaired) electrons. The highest BCUT2D eigenvalue weighted by Gasteiger charge is 2.17. The van der Waals surface area contributed by atoms with Gasteiger partial charge in [0.25, 0.3) is 0 Å². The van der Waals surface area contributed by atoms with Crippen LogP contribution in [-0.4, -0.2) is 16.0 Å². The second-order valence-corrected chi connectivity index (χ2v) is 4.87. The minimum Gasteiger partial charge on any atom is -0.504 e. The van der Waals surface area contributed by atoms with Crippen molar-refractivity contribution >= 4 is 16.6 Å². The Labute approximate surface area is 112 Å². The van der Waals surface area contributed by atoms with E-state index in [1.54, 1.807) is 12.1 Å². The van der Waals surface area contributed by atoms with Gasteiger partial charge in [-0.05, 0) is 24.8 Å². The molecule has 0 saturated heterocycles. The lowest BCUT2D eigenvalue weighted by Crippen LogP contribution is -1.99. The van der Waals surface area contributed by atoms with Crippen LogP contribution < -0.4 is 0 Å². The van der Waals surface area contributed by atoms with E-state index in [0.29, 0.717) is 11.8 Å². The zero-order chi connectivity index (χ0) is 14.0. The Morgan fingerprint density at radius 3 is 2.58 bits per heavy atom. The first-order valence-corrected chi connectivity index (χ1v) is 6.53. The predicted molar refractivity (Wildman–Crippen MR) is 75.9 cm³/mol. The maximum Gasteiger partial charge on any atom is 0.169 e. The zero-order valence-corrected chi connectivity index (χ0v) is 11.2. The highest BCUT2D eigenvalue weighted by Crippen LogP contribution is 2.38. The molecule has 0 aliphatic rings. The highest BCUT2D eigenvalue weighted by molar-refractivity contribution is 6.05. The number of phenolic OH excluding ortho intramolecular Hbond substituents is 2. The van der Waals surface area contributed by atoms with Crippen LogP contribution >= 0.6 is 0 Å². The normalized spacial score (nSPS) is 10.8. The standard InChI is InChI=1S/C16H18O3/c1-3-4-5-14(17)13-9-11-8-10(2)6-7-12(11)15(18)16(13)19/h6-9,18-19H,3-5H2,1-2H3. The molecule has 2 aromatic carbocycles. The van der Waals surface area contributed by atoms with Crippen molar-refractivity contribution in [2.24, 2.45) is 0 Å². The van der Waals surface area contributed by atoms with Gasteiger partial charge in [-0.2, -0.15) is 0 Å². The van der Waals surface area contributed by atoms with E-state index in [0.717, 1.165) is 23.8 Å². The van der Waals surface area contributed by atoms with Gasteiger partial charge in [0.2, 0.25) is 0 Å². The Morgan fingerprint density at radius 1 is 1.16 bits per heavy atom. The number of carbonyl (C=O) groups is 1. The van der Waals surface area contributed by atoms with Gasteiger partial charge < -0.3 is 10.2 Å². The van der Waals surface area contributed by atoms with Gasteiger partial charge in [0.1, 0.15) is 0 Å². The number of aryl methyl sites for hydroxylation is 1. The Bertz CT molecular complexity index is 629. The molecule has 2 rings (SSSR count). The van der Waals surface area contributed by atoms with E-state index in [1.807, 2.05) is 26.0 Å². The molecule has 0 spiro atoms. The molecule has 2 N–H and O–H groups in total. The number of hydrogen-bond acceptors (Lipinski definition) is 3. The Hall–Kier alpha value is -2.03. The average Bonchev–Trinajstić information content (AvgIpc) is 2.39. The molecule has 19 heavy (non-hydrogen) atoms. The largest absolute Gasteiger partial charge is 0.504 e. The molecular weight excluding hydrogens is 240 g/mol. The van der Waals surface area contributed by atoms with Crippen molar-refractivity contribution in [3.05, 3.63) is 35.4 Å². The van der Waals surface area contributed by atoms with Gasteiger partial charge in [-0.25, -0.2) is 0 Å². The van der Waals surface area contributed by atoms with Crippen molar-refractivity contribution < 1.29 is 15.0 Å². The number of aromatic hydroxyl groups is 2. The quantitative estimate of drug-likeness (QED) is 0.645. The lowest BCUT2D eigenvalue weighted by atomic mass is 9.98. The molecule has 0 saturated carbocycles. The van der Waals surface area contributed by atoms with Crippen molar-refractivity contribution in [1.29, 1.82) is 0 Å². The van der Waals surface area contributed by atoms with E-state index in [1.165, 1.54) is 0 Å². The van der Waals surface area contributed by atoms with Crippen molar-refractivity contribution in [1.82, 2.24) is 0 Å². The number of benzene rings is 2. The predicted octanol–water partition coefficient (Wildman–Crippen LogP) is 3.93. The van der Waals surface area contributed by atoms with E-state index < -0.39 is 0 Å². The fourth-order valence-electron chi connectivity index (χ4n) is 2.18. The highest BCUT2D eigenvalue weighted by atomic mass is 16.3. The van der Waals surface area contributed by atoms with Crippen LogP contribution in [0.4, 0.5) is 0 Å². The van der Waals surface area contributed by atoms with E-state index in [4.69, 9.17) is 0 Å². The number of ketones is 1. The molecule has 0 unspecified atom stereocenters. The Morgan fingerprint density at radius 2 is 1.89 bits per heavy atom. The first-order chi connectivity index (χ1) is 9.04. The lowest BCUT2D eigenvalue weighted by molar-refractivity contribution is 0.0976. The molecule has 0 aliphatic heterocycles. The summed E-state index contributed by atoms with van der Waals surface area (Å²) in [5.41, 5.74) is 1.26. The summed E-state index contributed by atoms with van der Waals surface area (Å²) in [5, 5.41) is 21.3. The van der Waals surface area contributed by atoms with Gasteiger partial charge in [-0.1, -0.05) is 37.1 Å². The van der Waals surface area contributed by atoms with Crippen molar-refractivity contribution in [3.8, 4) is 11.5 Å². The maximum atomic E-state index is 12.0. The van der Waals surface area contributed by atoms with Gasteiger partial charge in [-0.3, -0.25) is 4.79 Å². The summed E-state index contributed by atoms with van der Waals surface area (Å²) in [7, 11) is 0. The number of unbranched alkanes of at least 4 members (excludes halogenated alkanes) is 1. The van der Waals surface area contributed by atoms with Crippen LogP contribution in [0, 0.1) is 6.92 Å². The van der Waals surface area contributed by atoms with Crippen LogP contribution in [0.1, 0.15) is 42.1 Å². The minimum absolute atomic E-state index is 0.127. The number of fused-ring (bicyclic) bond motifs is 1. The SMILES string of the molecule is CCCCC(=O)c1cc2cc(C)ccc2c(O)c1O. The Balaban J connectivity index is 2.56. The molecule has 100 valence electrons. The summed E-state index contributed by atoms with van der Waals surface area (Å²) in [6, 6.07) is 7.17. The monoisotopic (exact) mass is 258 g/mol. The third-order valence-corrected chi connectivity index (χ3v) is 3.30. The molecule has 0 amide bonds. The Kier molecular flexibility index (Phi) is 3.74. The lowest BCUT2D eigenvalue weighted by Gasteiger charge is -2.09. The van der Waals surface area contributed by atoms with E-state index >= 15 is 0 Å². The topological polar surface area (TPSA) is 57.5 Å². The smallest absolute Gasteiger partial charge is 0.169 e. The maximum absolute atomic E-state index is 12.0. The molecule has 0 aromatic heterocycles. The van der Waals surface area contributed by atoms with Crippen LogP contribution in [0.3, 0.4) is 0 Å². The van der Waals surface area contributed by atoms with Gasteiger partial charge in [0, 0.05) is 11.8 Å². The molecular formula is C16H18O3. The summed E-state index contributed by atoms with van der Waals surface area (Å²) in [5.74, 6) is -0.645. The molecule has 0 heterocycles. The van der Waals surface area contributed by atoms with Crippen molar-refractivity contribution in [3.63, 3.8) is 0 Å². The van der Waals surface area contributed by atoms with Gasteiger partial charge in [0.05, 0.1) is 5.56 Å². The molecule has 0 aliphatic carbocycles. The third-order valence-electron chi connectivity index (χ3n) is 3.30. The van der Waals surface area contributed by atoms with Crippen LogP contribution in [0.25, 0.3) is 10.8 Å². The molecule has 0 bridgehead atoms. The van der Waals surface area contributed by atoms with Crippen LogP contribution in [-0.2, 0) is 0 Å². The summed E-state index contributed by atoms with van der Waals surface area (Å²) in [6.45, 7) is 3.95. The van der Waals surface area contributed by atoms with Crippen molar-refractivity contribution in [2.45, 2.75) is 33.1 Å². The molecule has 2 aromatic rings. The van der Waals surface area contributed by atoms with Crippen molar-refractivity contribution in [2.75, 3.05) is 0 Å². The first-order valence-electron chi connectivity index (χ1n) is 6.53. The first kappa shape index (κ1) is 13.4. The third kappa shape index (κ3) is 2.55. The molecule has 3 nitrogen and oxygen atoms in total. The van der Waals surface area contributed by atoms with Crippen LogP contribution in [0.2, 0.25) is 0 Å². The number of hydrogen-bond donors (Lipinski definition) is 2. The fraction of sp³-hybridized carbons (Fsp3) is 0.312. The minimum atomic E-state index is -0.308. The molecule has 0 atom stereocenters. The number of carbonyl (C=O) groups excluding carboxylic acids is 1. The van der Waals surface area contributed by atoms with Gasteiger partial charge in [0.15, 0.2) is 17.3 Å².